The molecule has 1 amide bonds. The highest BCUT2D eigenvalue weighted by atomic mass is 16.5. The van der Waals surface area contributed by atoms with Crippen LogP contribution in [0.15, 0.2) is 18.2 Å². The normalized spacial score (nSPS) is 11.9. The number of primary amides is 1. The summed E-state index contributed by atoms with van der Waals surface area (Å²) in [5.41, 5.74) is 11.7. The Morgan fingerprint density at radius 3 is 2.71 bits per heavy atom. The number of methoxy groups -OCH3 is 1. The predicted octanol–water partition coefficient (Wildman–Crippen LogP) is 0.969. The fourth-order valence-electron chi connectivity index (χ4n) is 1.40. The second-order valence-electron chi connectivity index (χ2n) is 3.76. The van der Waals surface area contributed by atoms with E-state index in [4.69, 9.17) is 20.9 Å². The minimum atomic E-state index is -0.393. The Balaban J connectivity index is 2.81. The van der Waals surface area contributed by atoms with Gasteiger partial charge in [-0.3, -0.25) is 4.79 Å². The molecule has 4 N–H and O–H groups in total. The lowest BCUT2D eigenvalue weighted by molar-refractivity contribution is -0.118. The number of carbonyl (C=O) groups is 1. The quantitative estimate of drug-likeness (QED) is 0.773. The van der Waals surface area contributed by atoms with Gasteiger partial charge in [-0.25, -0.2) is 0 Å². The van der Waals surface area contributed by atoms with Gasteiger partial charge in [-0.15, -0.1) is 0 Å². The molecule has 0 spiro atoms. The Labute approximate surface area is 101 Å². The first kappa shape index (κ1) is 13.3. The number of hydrogen-bond acceptors (Lipinski definition) is 4. The molecule has 0 heterocycles. The van der Waals surface area contributed by atoms with E-state index >= 15 is 0 Å². The average Bonchev–Trinajstić information content (AvgIpc) is 2.28. The number of carbonyl (C=O) groups excluding carboxylic acids is 1. The summed E-state index contributed by atoms with van der Waals surface area (Å²) in [6.07, 6.45) is 0.176. The van der Waals surface area contributed by atoms with Crippen molar-refractivity contribution in [1.29, 1.82) is 0 Å². The number of hydrogen-bond donors (Lipinski definition) is 2. The minimum absolute atomic E-state index is 0.149. The van der Waals surface area contributed by atoms with Gasteiger partial charge >= 0.3 is 0 Å². The first-order chi connectivity index (χ1) is 8.04. The van der Waals surface area contributed by atoms with Crippen molar-refractivity contribution in [1.82, 2.24) is 0 Å². The van der Waals surface area contributed by atoms with Crippen LogP contribution in [0.1, 0.15) is 24.9 Å². The third-order valence-electron chi connectivity index (χ3n) is 2.32. The summed E-state index contributed by atoms with van der Waals surface area (Å²) in [4.78, 5) is 10.6. The summed E-state index contributed by atoms with van der Waals surface area (Å²) in [7, 11) is 1.58. The summed E-state index contributed by atoms with van der Waals surface area (Å²) in [6.45, 7) is 2.10. The predicted molar refractivity (Wildman–Crippen MR) is 64.9 cm³/mol. The Kier molecular flexibility index (Phi) is 4.78. The summed E-state index contributed by atoms with van der Waals surface area (Å²) < 4.78 is 10.6. The number of nitrogens with two attached hydrogens (primary N) is 2. The van der Waals surface area contributed by atoms with Gasteiger partial charge in [0.25, 0.3) is 0 Å². The van der Waals surface area contributed by atoms with Crippen LogP contribution in [0.4, 0.5) is 0 Å². The van der Waals surface area contributed by atoms with Crippen LogP contribution >= 0.6 is 0 Å². The van der Waals surface area contributed by atoms with Gasteiger partial charge in [0.05, 0.1) is 20.1 Å². The van der Waals surface area contributed by atoms with Crippen molar-refractivity contribution in [2.75, 3.05) is 13.7 Å². The first-order valence-electron chi connectivity index (χ1n) is 5.39. The van der Waals surface area contributed by atoms with Crippen molar-refractivity contribution >= 4 is 5.91 Å². The van der Waals surface area contributed by atoms with Crippen molar-refractivity contribution < 1.29 is 14.3 Å². The van der Waals surface area contributed by atoms with Gasteiger partial charge in [0, 0.05) is 17.7 Å². The molecule has 5 nitrogen and oxygen atoms in total. The molecule has 0 saturated heterocycles. The molecule has 0 aliphatic rings. The molecule has 1 aromatic rings. The molecule has 0 aliphatic heterocycles. The second kappa shape index (κ2) is 6.10. The van der Waals surface area contributed by atoms with Gasteiger partial charge in [0.1, 0.15) is 11.5 Å². The van der Waals surface area contributed by atoms with Crippen LogP contribution in [-0.2, 0) is 4.79 Å². The van der Waals surface area contributed by atoms with Crippen LogP contribution in [0.2, 0.25) is 0 Å². The maximum atomic E-state index is 10.6. The van der Waals surface area contributed by atoms with Crippen molar-refractivity contribution in [2.24, 2.45) is 11.5 Å². The molecular formula is C12H18N2O3. The van der Waals surface area contributed by atoms with E-state index in [0.29, 0.717) is 11.5 Å². The van der Waals surface area contributed by atoms with Crippen LogP contribution < -0.4 is 20.9 Å². The third-order valence-corrected chi connectivity index (χ3v) is 2.32. The molecule has 5 heteroatoms. The molecule has 0 aromatic heterocycles. The smallest absolute Gasteiger partial charge is 0.220 e. The Bertz CT molecular complexity index is 391. The second-order valence-corrected chi connectivity index (χ2v) is 3.76. The summed E-state index contributed by atoms with van der Waals surface area (Å²) >= 11 is 0. The van der Waals surface area contributed by atoms with Gasteiger partial charge in [-0.2, -0.15) is 0 Å². The van der Waals surface area contributed by atoms with Crippen LogP contribution in [0.25, 0.3) is 0 Å². The minimum Gasteiger partial charge on any atom is -0.497 e. The number of benzene rings is 1. The van der Waals surface area contributed by atoms with Gasteiger partial charge in [-0.1, -0.05) is 6.07 Å². The van der Waals surface area contributed by atoms with E-state index in [-0.39, 0.29) is 19.1 Å². The van der Waals surface area contributed by atoms with Crippen LogP contribution in [0.5, 0.6) is 11.5 Å². The van der Waals surface area contributed by atoms with Gasteiger partial charge in [-0.05, 0) is 13.0 Å². The van der Waals surface area contributed by atoms with Crippen molar-refractivity contribution in [3.05, 3.63) is 23.8 Å². The van der Waals surface area contributed by atoms with E-state index in [9.17, 15) is 4.79 Å². The van der Waals surface area contributed by atoms with E-state index < -0.39 is 5.91 Å². The summed E-state index contributed by atoms with van der Waals surface area (Å²) in [5.74, 6) is 0.916. The fraction of sp³-hybridized carbons (Fsp3) is 0.417. The molecule has 1 rings (SSSR count). The maximum absolute atomic E-state index is 10.6. The highest BCUT2D eigenvalue weighted by Gasteiger charge is 2.10. The monoisotopic (exact) mass is 238 g/mol. The summed E-state index contributed by atoms with van der Waals surface area (Å²) in [6, 6.07) is 5.27. The van der Waals surface area contributed by atoms with Gasteiger partial charge in [0.15, 0.2) is 0 Å². The number of amides is 1. The van der Waals surface area contributed by atoms with Gasteiger partial charge in [0.2, 0.25) is 5.91 Å². The van der Waals surface area contributed by atoms with Crippen LogP contribution in [0, 0.1) is 0 Å². The highest BCUT2D eigenvalue weighted by Crippen LogP contribution is 2.28. The number of ether oxygens (including phenoxy) is 2. The Hall–Kier alpha value is -1.75. The Morgan fingerprint density at radius 1 is 1.47 bits per heavy atom. The van der Waals surface area contributed by atoms with Crippen molar-refractivity contribution in [3.63, 3.8) is 0 Å². The topological polar surface area (TPSA) is 87.6 Å². The Morgan fingerprint density at radius 2 is 2.18 bits per heavy atom. The standard InChI is InChI=1S/C12H18N2O3/c1-8(13)10-4-3-9(16-2)7-11(10)17-6-5-12(14)15/h3-4,7-8H,5-6,13H2,1-2H3,(H2,14,15)/t8-/m0/s1. The molecular weight excluding hydrogens is 220 g/mol. The molecule has 0 bridgehead atoms. The molecule has 0 fully saturated rings. The largest absolute Gasteiger partial charge is 0.497 e. The zero-order chi connectivity index (χ0) is 12.8. The molecule has 1 atom stereocenters. The zero-order valence-electron chi connectivity index (χ0n) is 10.1. The molecule has 0 radical (unpaired) electrons. The van der Waals surface area contributed by atoms with E-state index in [0.717, 1.165) is 5.56 Å². The lowest BCUT2D eigenvalue weighted by Gasteiger charge is -2.14. The van der Waals surface area contributed by atoms with Crippen LogP contribution in [-0.4, -0.2) is 19.6 Å². The van der Waals surface area contributed by atoms with E-state index in [1.165, 1.54) is 0 Å². The molecule has 0 saturated carbocycles. The highest BCUT2D eigenvalue weighted by molar-refractivity contribution is 5.73. The SMILES string of the molecule is COc1ccc([C@H](C)N)c(OCCC(N)=O)c1. The molecule has 1 aromatic carbocycles. The molecule has 17 heavy (non-hydrogen) atoms. The number of rotatable bonds is 6. The fourth-order valence-corrected chi connectivity index (χ4v) is 1.40. The third kappa shape index (κ3) is 3.96. The molecule has 94 valence electrons. The van der Waals surface area contributed by atoms with E-state index in [2.05, 4.69) is 0 Å². The average molecular weight is 238 g/mol. The van der Waals surface area contributed by atoms with E-state index in [1.54, 1.807) is 13.2 Å². The lowest BCUT2D eigenvalue weighted by Crippen LogP contribution is -2.15. The summed E-state index contributed by atoms with van der Waals surface area (Å²) in [5, 5.41) is 0. The van der Waals surface area contributed by atoms with Crippen molar-refractivity contribution in [2.45, 2.75) is 19.4 Å². The first-order valence-corrected chi connectivity index (χ1v) is 5.39. The van der Waals surface area contributed by atoms with Crippen LogP contribution in [0.3, 0.4) is 0 Å². The maximum Gasteiger partial charge on any atom is 0.220 e. The van der Waals surface area contributed by atoms with Gasteiger partial charge < -0.3 is 20.9 Å². The van der Waals surface area contributed by atoms with E-state index in [1.807, 2.05) is 19.1 Å². The molecule has 0 aliphatic carbocycles. The molecule has 0 unspecified atom stereocenters. The van der Waals surface area contributed by atoms with Crippen molar-refractivity contribution in [3.8, 4) is 11.5 Å². The zero-order valence-corrected chi connectivity index (χ0v) is 10.1. The lowest BCUT2D eigenvalue weighted by atomic mass is 10.1.